The summed E-state index contributed by atoms with van der Waals surface area (Å²) in [6.45, 7) is 4.35. The maximum absolute atomic E-state index is 2.17. The lowest BCUT2D eigenvalue weighted by Gasteiger charge is -2.41. The van der Waals surface area contributed by atoms with Crippen LogP contribution in [0.2, 0.25) is 0 Å². The van der Waals surface area contributed by atoms with Gasteiger partial charge < -0.3 is 11.8 Å². The van der Waals surface area contributed by atoms with Crippen molar-refractivity contribution >= 4 is 11.8 Å². The summed E-state index contributed by atoms with van der Waals surface area (Å²) >= 11 is 1.96. The quantitative estimate of drug-likeness (QED) is 0.489. The third-order valence-corrected chi connectivity index (χ3v) is 1.22. The summed E-state index contributed by atoms with van der Waals surface area (Å²) in [4.78, 5) is 0. The Morgan fingerprint density at radius 1 is 1.20 bits per heavy atom. The van der Waals surface area contributed by atoms with Gasteiger partial charge in [-0.15, -0.1) is 13.8 Å². The van der Waals surface area contributed by atoms with E-state index in [1.807, 2.05) is 11.8 Å². The third kappa shape index (κ3) is 4.35. The molecule has 0 nitrogen and oxygen atoms in total. The van der Waals surface area contributed by atoms with Crippen molar-refractivity contribution in [3.63, 3.8) is 0 Å². The molecule has 0 aliphatic rings. The average Bonchev–Trinajstić information content (AvgIpc) is 1.41. The first-order valence-corrected chi connectivity index (χ1v) is 3.15. The van der Waals surface area contributed by atoms with Crippen molar-refractivity contribution in [2.45, 2.75) is 13.8 Å². The SMILES string of the molecule is CC[S-2]CC. The lowest BCUT2D eigenvalue weighted by molar-refractivity contribution is 1.46. The fourth-order valence-corrected chi connectivity index (χ4v) is 0.612. The summed E-state index contributed by atoms with van der Waals surface area (Å²) in [5.41, 5.74) is 0. The summed E-state index contributed by atoms with van der Waals surface area (Å²) in [6, 6.07) is 0. The van der Waals surface area contributed by atoms with E-state index < -0.39 is 0 Å². The summed E-state index contributed by atoms with van der Waals surface area (Å²) in [7, 11) is 0. The van der Waals surface area contributed by atoms with Crippen molar-refractivity contribution in [1.82, 2.24) is 0 Å². The Morgan fingerprint density at radius 3 is 1.60 bits per heavy atom. The largest absolute Gasteiger partial charge is 1.23 e. The van der Waals surface area contributed by atoms with Crippen LogP contribution in [0, 0.1) is 0 Å². The highest BCUT2D eigenvalue weighted by Crippen LogP contribution is 1.66. The van der Waals surface area contributed by atoms with Crippen LogP contribution in [0.5, 0.6) is 0 Å². The Labute approximate surface area is 38.0 Å². The molecule has 0 fully saturated rings. The molecule has 0 N–H and O–H groups in total. The second kappa shape index (κ2) is 4.35. The minimum Gasteiger partial charge on any atom is -1.23 e. The third-order valence-electron chi connectivity index (χ3n) is 0.408. The van der Waals surface area contributed by atoms with Crippen LogP contribution in [0.15, 0.2) is 0 Å². The van der Waals surface area contributed by atoms with Crippen LogP contribution >= 0.6 is 0 Å². The van der Waals surface area contributed by atoms with E-state index in [0.29, 0.717) is 0 Å². The molecule has 0 saturated carbocycles. The Kier molecular flexibility index (Phi) is 4.65. The first kappa shape index (κ1) is 5.35. The number of hydrogen-bond donors (Lipinski definition) is 0. The molecule has 1 heteroatoms. The lowest BCUT2D eigenvalue weighted by Crippen LogP contribution is -1.82. The fraction of sp³-hybridized carbons (Fsp3) is 1.00. The molecule has 0 saturated heterocycles. The van der Waals surface area contributed by atoms with Crippen LogP contribution in [-0.4, -0.2) is 11.5 Å². The maximum Gasteiger partial charge on any atom is -0.106 e. The summed E-state index contributed by atoms with van der Waals surface area (Å²) in [5.74, 6) is 2.52. The molecule has 0 unspecified atom stereocenters. The highest BCUT2D eigenvalue weighted by Gasteiger charge is 1.26. The number of rotatable bonds is 2. The second-order valence-corrected chi connectivity index (χ2v) is 2.34. The predicted molar refractivity (Wildman–Crippen MR) is 28.4 cm³/mol. The number of hydrogen-bond acceptors (Lipinski definition) is 1. The minimum absolute atomic E-state index is 1.26. The van der Waals surface area contributed by atoms with E-state index in [2.05, 4.69) is 13.8 Å². The molecule has 0 amide bonds. The molecule has 0 aromatic rings. The molecule has 5 heavy (non-hydrogen) atoms. The average molecular weight is 90.2 g/mol. The normalized spacial score (nSPS) is 9.20. The Morgan fingerprint density at radius 2 is 1.60 bits per heavy atom. The van der Waals surface area contributed by atoms with E-state index in [1.165, 1.54) is 11.5 Å². The Balaban J connectivity index is 2.19. The molecule has 0 aromatic carbocycles. The smallest absolute Gasteiger partial charge is 0.106 e. The lowest BCUT2D eigenvalue weighted by atomic mass is 11.0. The van der Waals surface area contributed by atoms with Gasteiger partial charge in [-0.2, -0.15) is 0 Å². The van der Waals surface area contributed by atoms with Crippen molar-refractivity contribution in [2.75, 3.05) is 11.5 Å². The second-order valence-electron chi connectivity index (χ2n) is 0.781. The Hall–Kier alpha value is 0.350. The van der Waals surface area contributed by atoms with Gasteiger partial charge in [-0.1, -0.05) is 0 Å². The molecule has 0 spiro atoms. The van der Waals surface area contributed by atoms with E-state index in [1.54, 1.807) is 0 Å². The molecule has 0 bridgehead atoms. The zero-order chi connectivity index (χ0) is 4.12. The van der Waals surface area contributed by atoms with Gasteiger partial charge in [-0.3, -0.25) is 11.5 Å². The van der Waals surface area contributed by atoms with Gasteiger partial charge in [0, 0.05) is 0 Å². The molecule has 0 aliphatic heterocycles. The van der Waals surface area contributed by atoms with E-state index in [4.69, 9.17) is 0 Å². The van der Waals surface area contributed by atoms with Crippen LogP contribution in [0.3, 0.4) is 0 Å². The highest BCUT2D eigenvalue weighted by atomic mass is 32.2. The van der Waals surface area contributed by atoms with Crippen LogP contribution in [0.1, 0.15) is 13.8 Å². The topological polar surface area (TPSA) is 0 Å². The van der Waals surface area contributed by atoms with Gasteiger partial charge in [0.2, 0.25) is 0 Å². The van der Waals surface area contributed by atoms with Gasteiger partial charge in [0.25, 0.3) is 0 Å². The first-order chi connectivity index (χ1) is 2.41. The zero-order valence-electron chi connectivity index (χ0n) is 3.82. The minimum atomic E-state index is 1.26. The van der Waals surface area contributed by atoms with Gasteiger partial charge in [-0.25, -0.2) is 0 Å². The predicted octanol–water partition coefficient (Wildman–Crippen LogP) is 1.11. The monoisotopic (exact) mass is 90.1 g/mol. The maximum atomic E-state index is 2.17. The molecular weight excluding hydrogens is 80.1 g/mol. The van der Waals surface area contributed by atoms with Crippen molar-refractivity contribution in [3.8, 4) is 0 Å². The van der Waals surface area contributed by atoms with E-state index >= 15 is 0 Å². The molecular formula is C4H10S-2. The van der Waals surface area contributed by atoms with E-state index in [-0.39, 0.29) is 0 Å². The van der Waals surface area contributed by atoms with Crippen LogP contribution in [0.4, 0.5) is 0 Å². The van der Waals surface area contributed by atoms with Gasteiger partial charge in [0.1, 0.15) is 0 Å². The van der Waals surface area contributed by atoms with Crippen molar-refractivity contribution in [3.05, 3.63) is 0 Å². The summed E-state index contributed by atoms with van der Waals surface area (Å²) in [5, 5.41) is 0. The highest BCUT2D eigenvalue weighted by molar-refractivity contribution is 7.78. The summed E-state index contributed by atoms with van der Waals surface area (Å²) < 4.78 is 0. The van der Waals surface area contributed by atoms with Crippen LogP contribution in [-0.2, 0) is 11.8 Å². The molecule has 0 heterocycles. The molecule has 0 rings (SSSR count). The van der Waals surface area contributed by atoms with Crippen molar-refractivity contribution in [2.24, 2.45) is 0 Å². The van der Waals surface area contributed by atoms with Gasteiger partial charge in [-0.05, 0) is 0 Å². The van der Waals surface area contributed by atoms with Crippen LogP contribution in [0.25, 0.3) is 0 Å². The van der Waals surface area contributed by atoms with Crippen LogP contribution < -0.4 is 0 Å². The van der Waals surface area contributed by atoms with Gasteiger partial charge >= 0.3 is 0 Å². The standard InChI is InChI=1S/C4H10S/c1-3-5-4-2/h3-4H2,1-2H3/q-2. The Bertz CT molecular complexity index is 11.1. The number of thioether (sulfide) groups is 1. The molecule has 0 radical (unpaired) electrons. The van der Waals surface area contributed by atoms with Gasteiger partial charge in [0.05, 0.1) is 0 Å². The molecule has 0 aliphatic carbocycles. The summed E-state index contributed by atoms with van der Waals surface area (Å²) in [6.07, 6.45) is 0. The van der Waals surface area contributed by atoms with E-state index in [0.717, 1.165) is 0 Å². The first-order valence-electron chi connectivity index (χ1n) is 1.99. The molecule has 0 aromatic heterocycles. The van der Waals surface area contributed by atoms with E-state index in [9.17, 15) is 0 Å². The van der Waals surface area contributed by atoms with Crippen molar-refractivity contribution < 1.29 is 0 Å². The molecule has 34 valence electrons. The van der Waals surface area contributed by atoms with Crippen molar-refractivity contribution in [1.29, 1.82) is 0 Å². The fourth-order valence-electron chi connectivity index (χ4n) is 0.204. The zero-order valence-corrected chi connectivity index (χ0v) is 4.64. The van der Waals surface area contributed by atoms with Gasteiger partial charge in [0.15, 0.2) is 0 Å². The molecule has 0 atom stereocenters.